The van der Waals surface area contributed by atoms with E-state index in [1.165, 1.54) is 13.8 Å². The predicted octanol–water partition coefficient (Wildman–Crippen LogP) is 4.32. The van der Waals surface area contributed by atoms with E-state index in [2.05, 4.69) is 19.2 Å². The topological polar surface area (TPSA) is 12.0 Å². The fourth-order valence-corrected chi connectivity index (χ4v) is 2.16. The Labute approximate surface area is 107 Å². The Bertz CT molecular complexity index is 259. The molecule has 1 unspecified atom stereocenters. The molecule has 0 aliphatic carbocycles. The standard InChI is InChI=1S/C12H22F3NS/c1-8(2)6-9(3)16-10(17)7-11(4,5)12(13,14)15/h8-9H,6-7H2,1-5H3,(H,16,17). The van der Waals surface area contributed by atoms with Crippen LogP contribution < -0.4 is 5.32 Å². The Hall–Kier alpha value is -0.320. The molecule has 0 fully saturated rings. The zero-order valence-corrected chi connectivity index (χ0v) is 11.9. The highest BCUT2D eigenvalue weighted by Gasteiger charge is 2.47. The molecule has 0 rings (SSSR count). The first kappa shape index (κ1) is 16.7. The second-order valence-corrected chi connectivity index (χ2v) is 6.15. The van der Waals surface area contributed by atoms with Crippen LogP contribution in [0, 0.1) is 11.3 Å². The molecule has 1 N–H and O–H groups in total. The van der Waals surface area contributed by atoms with Crippen LogP contribution in [0.25, 0.3) is 0 Å². The minimum absolute atomic E-state index is 0.117. The molecule has 102 valence electrons. The fraction of sp³-hybridized carbons (Fsp3) is 0.917. The van der Waals surface area contributed by atoms with Crippen molar-refractivity contribution in [2.45, 2.75) is 59.7 Å². The molecule has 1 nitrogen and oxygen atoms in total. The lowest BCUT2D eigenvalue weighted by atomic mass is 9.88. The van der Waals surface area contributed by atoms with Crippen molar-refractivity contribution in [2.24, 2.45) is 11.3 Å². The van der Waals surface area contributed by atoms with E-state index in [4.69, 9.17) is 12.2 Å². The van der Waals surface area contributed by atoms with Gasteiger partial charge in [-0.05, 0) is 19.3 Å². The maximum atomic E-state index is 12.7. The first-order valence-electron chi connectivity index (χ1n) is 5.82. The van der Waals surface area contributed by atoms with Gasteiger partial charge in [0.15, 0.2) is 0 Å². The molecule has 0 aromatic carbocycles. The van der Waals surface area contributed by atoms with Crippen LogP contribution >= 0.6 is 12.2 Å². The number of hydrogen-bond acceptors (Lipinski definition) is 1. The minimum Gasteiger partial charge on any atom is -0.377 e. The quantitative estimate of drug-likeness (QED) is 0.746. The Morgan fingerprint density at radius 2 is 1.65 bits per heavy atom. The number of rotatable bonds is 5. The summed E-state index contributed by atoms with van der Waals surface area (Å²) in [6.07, 6.45) is -3.49. The highest BCUT2D eigenvalue weighted by atomic mass is 32.1. The van der Waals surface area contributed by atoms with Crippen LogP contribution in [0.1, 0.15) is 47.5 Å². The lowest BCUT2D eigenvalue weighted by Gasteiger charge is -2.29. The highest BCUT2D eigenvalue weighted by molar-refractivity contribution is 7.80. The molecule has 0 heterocycles. The zero-order chi connectivity index (χ0) is 13.9. The minimum atomic E-state index is -4.22. The van der Waals surface area contributed by atoms with Crippen molar-refractivity contribution in [2.75, 3.05) is 0 Å². The number of alkyl halides is 3. The van der Waals surface area contributed by atoms with Crippen LogP contribution in [-0.2, 0) is 0 Å². The van der Waals surface area contributed by atoms with Gasteiger partial charge in [0, 0.05) is 12.5 Å². The molecular weight excluding hydrogens is 247 g/mol. The van der Waals surface area contributed by atoms with Gasteiger partial charge < -0.3 is 5.32 Å². The van der Waals surface area contributed by atoms with Crippen LogP contribution in [0.3, 0.4) is 0 Å². The van der Waals surface area contributed by atoms with Crippen molar-refractivity contribution in [3.8, 4) is 0 Å². The molecule has 0 amide bonds. The summed E-state index contributed by atoms with van der Waals surface area (Å²) in [5.74, 6) is 0.496. The van der Waals surface area contributed by atoms with Gasteiger partial charge in [0.1, 0.15) is 0 Å². The van der Waals surface area contributed by atoms with E-state index in [1.54, 1.807) is 0 Å². The monoisotopic (exact) mass is 269 g/mol. The lowest BCUT2D eigenvalue weighted by Crippen LogP contribution is -2.40. The Kier molecular flexibility index (Phi) is 5.91. The molecule has 17 heavy (non-hydrogen) atoms. The highest BCUT2D eigenvalue weighted by Crippen LogP contribution is 2.40. The summed E-state index contributed by atoms with van der Waals surface area (Å²) in [6, 6.07) is 0.117. The van der Waals surface area contributed by atoms with Crippen molar-refractivity contribution in [1.82, 2.24) is 5.32 Å². The van der Waals surface area contributed by atoms with E-state index in [-0.39, 0.29) is 12.5 Å². The van der Waals surface area contributed by atoms with E-state index in [1.807, 2.05) is 6.92 Å². The van der Waals surface area contributed by atoms with E-state index in [0.717, 1.165) is 6.42 Å². The van der Waals surface area contributed by atoms with Gasteiger partial charge in [0.25, 0.3) is 0 Å². The van der Waals surface area contributed by atoms with Crippen LogP contribution in [0.4, 0.5) is 13.2 Å². The van der Waals surface area contributed by atoms with Gasteiger partial charge in [-0.3, -0.25) is 0 Å². The summed E-state index contributed by atoms with van der Waals surface area (Å²) < 4.78 is 38.0. The summed E-state index contributed by atoms with van der Waals surface area (Å²) in [5, 5.41) is 2.97. The van der Waals surface area contributed by atoms with E-state index >= 15 is 0 Å². The van der Waals surface area contributed by atoms with Crippen molar-refractivity contribution in [1.29, 1.82) is 0 Å². The van der Waals surface area contributed by atoms with Gasteiger partial charge >= 0.3 is 6.18 Å². The van der Waals surface area contributed by atoms with Gasteiger partial charge in [0.2, 0.25) is 0 Å². The van der Waals surface area contributed by atoms with Crippen molar-refractivity contribution >= 4 is 17.2 Å². The largest absolute Gasteiger partial charge is 0.394 e. The maximum Gasteiger partial charge on any atom is 0.394 e. The van der Waals surface area contributed by atoms with Gasteiger partial charge in [0.05, 0.1) is 10.4 Å². The van der Waals surface area contributed by atoms with Crippen molar-refractivity contribution in [3.63, 3.8) is 0 Å². The number of thiocarbonyl (C=S) groups is 1. The van der Waals surface area contributed by atoms with E-state index in [0.29, 0.717) is 10.9 Å². The van der Waals surface area contributed by atoms with Crippen LogP contribution in [0.2, 0.25) is 0 Å². The summed E-state index contributed by atoms with van der Waals surface area (Å²) in [7, 11) is 0. The molecular formula is C12H22F3NS. The first-order chi connectivity index (χ1) is 7.45. The second kappa shape index (κ2) is 6.03. The number of hydrogen-bond donors (Lipinski definition) is 1. The second-order valence-electron chi connectivity index (χ2n) is 5.66. The molecule has 0 aliphatic rings. The van der Waals surface area contributed by atoms with Gasteiger partial charge in [-0.1, -0.05) is 39.9 Å². The predicted molar refractivity (Wildman–Crippen MR) is 69.1 cm³/mol. The molecule has 0 aromatic rings. The summed E-state index contributed by atoms with van der Waals surface area (Å²) in [5.41, 5.74) is -1.77. The van der Waals surface area contributed by atoms with E-state index in [9.17, 15) is 13.2 Å². The van der Waals surface area contributed by atoms with Crippen LogP contribution in [0.15, 0.2) is 0 Å². The third-order valence-electron chi connectivity index (χ3n) is 2.60. The summed E-state index contributed by atoms with van der Waals surface area (Å²) >= 11 is 4.99. The van der Waals surface area contributed by atoms with Gasteiger partial charge in [-0.2, -0.15) is 13.2 Å². The normalized spacial score (nSPS) is 14.9. The fourth-order valence-electron chi connectivity index (χ4n) is 1.59. The summed E-state index contributed by atoms with van der Waals surface area (Å²) in [6.45, 7) is 8.43. The first-order valence-corrected chi connectivity index (χ1v) is 6.22. The SMILES string of the molecule is CC(C)CC(C)NC(=S)CC(C)(C)C(F)(F)F. The average Bonchev–Trinajstić information content (AvgIpc) is 1.96. The third kappa shape index (κ3) is 6.24. The number of nitrogens with one attached hydrogen (secondary N) is 1. The molecule has 0 aliphatic heterocycles. The van der Waals surface area contributed by atoms with Crippen LogP contribution in [-0.4, -0.2) is 17.2 Å². The van der Waals surface area contributed by atoms with Gasteiger partial charge in [-0.25, -0.2) is 0 Å². The average molecular weight is 269 g/mol. The Morgan fingerprint density at radius 3 is 2.00 bits per heavy atom. The third-order valence-corrected chi connectivity index (χ3v) is 2.86. The molecule has 0 radical (unpaired) electrons. The smallest absolute Gasteiger partial charge is 0.377 e. The Balaban J connectivity index is 4.28. The summed E-state index contributed by atoms with van der Waals surface area (Å²) in [4.78, 5) is 0.292. The van der Waals surface area contributed by atoms with Crippen molar-refractivity contribution in [3.05, 3.63) is 0 Å². The molecule has 5 heteroatoms. The molecule has 0 bridgehead atoms. The Morgan fingerprint density at radius 1 is 1.18 bits per heavy atom. The molecule has 0 aromatic heterocycles. The molecule has 0 saturated carbocycles. The molecule has 0 spiro atoms. The van der Waals surface area contributed by atoms with Crippen LogP contribution in [0.5, 0.6) is 0 Å². The number of halogens is 3. The lowest BCUT2D eigenvalue weighted by molar-refractivity contribution is -0.208. The van der Waals surface area contributed by atoms with Crippen molar-refractivity contribution < 1.29 is 13.2 Å². The van der Waals surface area contributed by atoms with E-state index < -0.39 is 11.6 Å². The maximum absolute atomic E-state index is 12.7. The molecule has 1 atom stereocenters. The molecule has 0 saturated heterocycles. The zero-order valence-electron chi connectivity index (χ0n) is 11.1. The van der Waals surface area contributed by atoms with Gasteiger partial charge in [-0.15, -0.1) is 0 Å².